The zero-order valence-corrected chi connectivity index (χ0v) is 15.1. The van der Waals surface area contributed by atoms with E-state index in [1.54, 1.807) is 32.2 Å². The Morgan fingerprint density at radius 1 is 1.28 bits per heavy atom. The molecule has 0 spiro atoms. The van der Waals surface area contributed by atoms with Crippen LogP contribution in [0.1, 0.15) is 21.5 Å². The molecule has 0 fully saturated rings. The molecule has 1 aromatic heterocycles. The van der Waals surface area contributed by atoms with Gasteiger partial charge >= 0.3 is 5.97 Å². The number of rotatable bonds is 6. The second kappa shape index (κ2) is 8.80. The van der Waals surface area contributed by atoms with Gasteiger partial charge in [-0.3, -0.25) is 4.79 Å². The van der Waals surface area contributed by atoms with E-state index in [1.807, 2.05) is 6.07 Å². The minimum Gasteiger partial charge on any atom is -0.452 e. The monoisotopic (exact) mass is 382 g/mol. The molecule has 8 heteroatoms. The molecule has 132 valence electrons. The molecule has 1 aromatic carbocycles. The first-order chi connectivity index (χ1) is 11.9. The van der Waals surface area contributed by atoms with Crippen molar-refractivity contribution < 1.29 is 19.1 Å². The van der Waals surface area contributed by atoms with E-state index < -0.39 is 18.5 Å². The molecular formula is C17H16Cl2N2O4. The Kier molecular flexibility index (Phi) is 6.75. The predicted molar refractivity (Wildman–Crippen MR) is 95.1 cm³/mol. The van der Waals surface area contributed by atoms with Gasteiger partial charge in [0.15, 0.2) is 12.4 Å². The Bertz CT molecular complexity index is 796. The average Bonchev–Trinajstić information content (AvgIpc) is 2.61. The van der Waals surface area contributed by atoms with Crippen molar-refractivity contribution in [1.82, 2.24) is 4.98 Å². The number of nitrogens with zero attached hydrogens (tertiary/aromatic N) is 1. The van der Waals surface area contributed by atoms with Crippen LogP contribution in [0.15, 0.2) is 30.5 Å². The third-order valence-corrected chi connectivity index (χ3v) is 4.11. The van der Waals surface area contributed by atoms with Crippen LogP contribution in [0.4, 0.5) is 5.82 Å². The molecular weight excluding hydrogens is 367 g/mol. The molecule has 0 aliphatic heterocycles. The molecule has 2 rings (SSSR count). The topological polar surface area (TPSA) is 77.5 Å². The highest BCUT2D eigenvalue weighted by molar-refractivity contribution is 6.37. The average molecular weight is 383 g/mol. The first-order valence-electron chi connectivity index (χ1n) is 7.27. The number of carbonyl (C=O) groups is 2. The number of benzene rings is 1. The van der Waals surface area contributed by atoms with Crippen LogP contribution in [0, 0.1) is 6.92 Å². The number of ether oxygens (including phenoxy) is 2. The molecule has 6 nitrogen and oxygen atoms in total. The van der Waals surface area contributed by atoms with E-state index in [0.717, 1.165) is 5.56 Å². The Balaban J connectivity index is 1.95. The number of anilines is 1. The van der Waals surface area contributed by atoms with Crippen molar-refractivity contribution in [1.29, 1.82) is 0 Å². The normalized spacial score (nSPS) is 10.4. The predicted octanol–water partition coefficient (Wildman–Crippen LogP) is 3.64. The fourth-order valence-electron chi connectivity index (χ4n) is 1.98. The highest BCUT2D eigenvalue weighted by atomic mass is 35.5. The fourth-order valence-corrected chi connectivity index (χ4v) is 2.37. The number of esters is 1. The molecule has 0 saturated carbocycles. The van der Waals surface area contributed by atoms with Gasteiger partial charge in [-0.05, 0) is 30.2 Å². The highest BCUT2D eigenvalue weighted by Gasteiger charge is 2.14. The number of carbonyl (C=O) groups excluding carboxylic acids is 2. The maximum Gasteiger partial charge on any atom is 0.338 e. The summed E-state index contributed by atoms with van der Waals surface area (Å²) in [5, 5.41) is 3.11. The summed E-state index contributed by atoms with van der Waals surface area (Å²) in [5.74, 6) is -1.01. The summed E-state index contributed by atoms with van der Waals surface area (Å²) >= 11 is 12.0. The molecule has 0 atom stereocenters. The van der Waals surface area contributed by atoms with E-state index in [4.69, 9.17) is 32.7 Å². The SMILES string of the molecule is COCc1cccc(C(=O)OCC(=O)Nc2ncc(Cl)c(C)c2Cl)c1. The standard InChI is InChI=1S/C17H16Cl2N2O4/c1-10-13(18)7-20-16(15(10)19)21-14(22)9-25-17(23)12-5-3-4-11(6-12)8-24-2/h3-7H,8-9H2,1-2H3,(H,20,21,22). The minimum atomic E-state index is -0.612. The number of nitrogens with one attached hydrogen (secondary N) is 1. The van der Waals surface area contributed by atoms with E-state index in [0.29, 0.717) is 22.8 Å². The molecule has 0 aliphatic rings. The van der Waals surface area contributed by atoms with Gasteiger partial charge in [0.1, 0.15) is 0 Å². The van der Waals surface area contributed by atoms with Gasteiger partial charge in [0, 0.05) is 13.3 Å². The van der Waals surface area contributed by atoms with Crippen LogP contribution in [0.25, 0.3) is 0 Å². The zero-order valence-electron chi connectivity index (χ0n) is 13.6. The van der Waals surface area contributed by atoms with Crippen LogP contribution in [0.3, 0.4) is 0 Å². The summed E-state index contributed by atoms with van der Waals surface area (Å²) in [7, 11) is 1.56. The van der Waals surface area contributed by atoms with Gasteiger partial charge in [-0.1, -0.05) is 35.3 Å². The third kappa shape index (κ3) is 5.16. The lowest BCUT2D eigenvalue weighted by Gasteiger charge is -2.10. The Hall–Kier alpha value is -2.15. The van der Waals surface area contributed by atoms with Crippen LogP contribution in [-0.4, -0.2) is 30.6 Å². The summed E-state index contributed by atoms with van der Waals surface area (Å²) in [6.45, 7) is 1.61. The van der Waals surface area contributed by atoms with Crippen molar-refractivity contribution in [2.45, 2.75) is 13.5 Å². The first kappa shape index (κ1) is 19.2. The number of methoxy groups -OCH3 is 1. The van der Waals surface area contributed by atoms with E-state index >= 15 is 0 Å². The summed E-state index contributed by atoms with van der Waals surface area (Å²) in [6, 6.07) is 6.78. The molecule has 0 saturated heterocycles. The lowest BCUT2D eigenvalue weighted by atomic mass is 10.1. The fraction of sp³-hybridized carbons (Fsp3) is 0.235. The summed E-state index contributed by atoms with van der Waals surface area (Å²) in [5.41, 5.74) is 1.76. The summed E-state index contributed by atoms with van der Waals surface area (Å²) in [4.78, 5) is 27.9. The zero-order chi connectivity index (χ0) is 18.4. The number of aromatic nitrogens is 1. The summed E-state index contributed by atoms with van der Waals surface area (Å²) in [6.07, 6.45) is 1.38. The van der Waals surface area contributed by atoms with E-state index in [9.17, 15) is 9.59 Å². The molecule has 0 unspecified atom stereocenters. The van der Waals surface area contributed by atoms with Crippen molar-refractivity contribution in [3.63, 3.8) is 0 Å². The van der Waals surface area contributed by atoms with Gasteiger partial charge < -0.3 is 14.8 Å². The van der Waals surface area contributed by atoms with Crippen molar-refractivity contribution in [3.05, 3.63) is 57.2 Å². The van der Waals surface area contributed by atoms with Gasteiger partial charge in [-0.2, -0.15) is 0 Å². The van der Waals surface area contributed by atoms with E-state index in [2.05, 4.69) is 10.3 Å². The van der Waals surface area contributed by atoms with Crippen molar-refractivity contribution in [2.24, 2.45) is 0 Å². The second-order valence-corrected chi connectivity index (χ2v) is 5.94. The Labute approximate surface area is 155 Å². The summed E-state index contributed by atoms with van der Waals surface area (Å²) < 4.78 is 10.0. The second-order valence-electron chi connectivity index (χ2n) is 5.15. The maximum absolute atomic E-state index is 12.0. The molecule has 1 amide bonds. The third-order valence-electron chi connectivity index (χ3n) is 3.27. The lowest BCUT2D eigenvalue weighted by Crippen LogP contribution is -2.21. The smallest absolute Gasteiger partial charge is 0.338 e. The van der Waals surface area contributed by atoms with E-state index in [1.165, 1.54) is 6.20 Å². The Morgan fingerprint density at radius 2 is 2.04 bits per heavy atom. The number of hydrogen-bond donors (Lipinski definition) is 1. The van der Waals surface area contributed by atoms with Gasteiger partial charge in [0.05, 0.1) is 22.2 Å². The largest absolute Gasteiger partial charge is 0.452 e. The number of halogens is 2. The van der Waals surface area contributed by atoms with Crippen LogP contribution in [0.5, 0.6) is 0 Å². The van der Waals surface area contributed by atoms with Crippen LogP contribution >= 0.6 is 23.2 Å². The van der Waals surface area contributed by atoms with Crippen LogP contribution in [0.2, 0.25) is 10.0 Å². The van der Waals surface area contributed by atoms with Crippen molar-refractivity contribution >= 4 is 40.9 Å². The molecule has 0 aliphatic carbocycles. The van der Waals surface area contributed by atoms with Crippen molar-refractivity contribution in [3.8, 4) is 0 Å². The van der Waals surface area contributed by atoms with Crippen LogP contribution < -0.4 is 5.32 Å². The van der Waals surface area contributed by atoms with Crippen LogP contribution in [-0.2, 0) is 20.9 Å². The molecule has 25 heavy (non-hydrogen) atoms. The molecule has 2 aromatic rings. The molecule has 0 bridgehead atoms. The number of amides is 1. The first-order valence-corrected chi connectivity index (χ1v) is 8.03. The minimum absolute atomic E-state index is 0.159. The Morgan fingerprint density at radius 3 is 2.76 bits per heavy atom. The molecule has 0 radical (unpaired) electrons. The van der Waals surface area contributed by atoms with E-state index in [-0.39, 0.29) is 10.8 Å². The maximum atomic E-state index is 12.0. The quantitative estimate of drug-likeness (QED) is 0.771. The van der Waals surface area contributed by atoms with Crippen molar-refractivity contribution in [2.75, 3.05) is 19.0 Å². The van der Waals surface area contributed by atoms with Gasteiger partial charge in [0.25, 0.3) is 5.91 Å². The van der Waals surface area contributed by atoms with Gasteiger partial charge in [-0.15, -0.1) is 0 Å². The lowest BCUT2D eigenvalue weighted by molar-refractivity contribution is -0.119. The van der Waals surface area contributed by atoms with Gasteiger partial charge in [-0.25, -0.2) is 9.78 Å². The molecule has 1 heterocycles. The van der Waals surface area contributed by atoms with Gasteiger partial charge in [0.2, 0.25) is 0 Å². The number of pyridine rings is 1. The molecule has 1 N–H and O–H groups in total. The number of hydrogen-bond acceptors (Lipinski definition) is 5. The highest BCUT2D eigenvalue weighted by Crippen LogP contribution is 2.28.